The molecule has 0 aromatic rings. The Bertz CT molecular complexity index is 273. The van der Waals surface area contributed by atoms with E-state index in [4.69, 9.17) is 0 Å². The molecule has 0 aromatic heterocycles. The molecule has 0 aliphatic heterocycles. The summed E-state index contributed by atoms with van der Waals surface area (Å²) in [5, 5.41) is -3.04. The van der Waals surface area contributed by atoms with E-state index in [9.17, 15) is 31.2 Å². The van der Waals surface area contributed by atoms with Crippen LogP contribution in [0.1, 0.15) is 0 Å². The first-order valence-corrected chi connectivity index (χ1v) is 3.58. The van der Waals surface area contributed by atoms with Gasteiger partial charge < -0.3 is 0 Å². The molecule has 0 aliphatic carbocycles. The fourth-order valence-electron chi connectivity index (χ4n) is 0.205. The highest BCUT2D eigenvalue weighted by Gasteiger charge is 2.47. The van der Waals surface area contributed by atoms with Crippen molar-refractivity contribution in [3.63, 3.8) is 0 Å². The van der Waals surface area contributed by atoms with Crippen molar-refractivity contribution in [1.82, 2.24) is 0 Å². The summed E-state index contributed by atoms with van der Waals surface area (Å²) >= 11 is 0. The van der Waals surface area contributed by atoms with Gasteiger partial charge in [0.05, 0.1) is 0 Å². The lowest BCUT2D eigenvalue weighted by atomic mass is 10.8. The van der Waals surface area contributed by atoms with Crippen molar-refractivity contribution in [3.05, 3.63) is 0 Å². The van der Waals surface area contributed by atoms with Crippen molar-refractivity contribution in [2.24, 2.45) is 0 Å². The van der Waals surface area contributed by atoms with E-state index < -0.39 is 26.7 Å². The third-order valence-corrected chi connectivity index (χ3v) is 1.62. The van der Waals surface area contributed by atoms with Crippen molar-refractivity contribution in [2.45, 2.75) is 6.18 Å². The summed E-state index contributed by atoms with van der Waals surface area (Å²) in [7, 11) is -5.30. The Morgan fingerprint density at radius 1 is 1.27 bits per heavy atom. The zero-order valence-electron chi connectivity index (χ0n) is 4.75. The number of rotatable bonds is 1. The summed E-state index contributed by atoms with van der Waals surface area (Å²) in [5.74, 6) is 0. The van der Waals surface area contributed by atoms with Crippen LogP contribution in [0, 0.1) is 0 Å². The van der Waals surface area contributed by atoms with E-state index >= 15 is 0 Å². The topological polar surface area (TPSA) is 68.3 Å². The van der Waals surface area contributed by atoms with Gasteiger partial charge in [-0.05, 0) is 0 Å². The number of hydrogen-bond acceptors (Lipinski definition) is 4. The maximum atomic E-state index is 11.2. The Kier molecular flexibility index (Phi) is 2.39. The van der Waals surface area contributed by atoms with Gasteiger partial charge in [-0.15, -0.1) is 0 Å². The Morgan fingerprint density at radius 3 is 1.73 bits per heavy atom. The second kappa shape index (κ2) is 2.61. The molecule has 0 heterocycles. The first-order chi connectivity index (χ1) is 4.72. The van der Waals surface area contributed by atoms with Gasteiger partial charge in [-0.25, -0.2) is 8.42 Å². The molecule has 0 spiro atoms. The smallest absolute Gasteiger partial charge is 0.285 e. The lowest BCUT2D eigenvalue weighted by molar-refractivity contribution is -0.161. The molecule has 0 amide bonds. The fraction of sp³-hybridized carbons (Fsp3) is 0.333. The molecule has 0 saturated heterocycles. The third kappa shape index (κ3) is 2.30. The zero-order chi connectivity index (χ0) is 9.28. The van der Waals surface area contributed by atoms with Crippen molar-refractivity contribution >= 4 is 20.6 Å². The van der Waals surface area contributed by atoms with Crippen LogP contribution in [0.15, 0.2) is 0 Å². The standard InChI is InChI=1S/C3HF3O4S/c4-3(5,6)2(8)11(9,10)1-7/h1H. The fourth-order valence-corrected chi connectivity index (χ4v) is 0.615. The molecule has 0 N–H and O–H groups in total. The summed E-state index contributed by atoms with van der Waals surface area (Å²) in [4.78, 5) is 19.2. The summed E-state index contributed by atoms with van der Waals surface area (Å²) in [5.41, 5.74) is -1.04. The van der Waals surface area contributed by atoms with Crippen molar-refractivity contribution in [2.75, 3.05) is 0 Å². The molecule has 0 radical (unpaired) electrons. The number of sulfone groups is 1. The number of carbonyl (C=O) groups excluding carboxylic acids is 2. The first-order valence-electron chi connectivity index (χ1n) is 2.03. The second-order valence-corrected chi connectivity index (χ2v) is 3.08. The van der Waals surface area contributed by atoms with Gasteiger partial charge in [-0.2, -0.15) is 13.2 Å². The van der Waals surface area contributed by atoms with Crippen LogP contribution in [0.4, 0.5) is 13.2 Å². The number of carbonyl (C=O) groups is 2. The minimum Gasteiger partial charge on any atom is -0.285 e. The van der Waals surface area contributed by atoms with E-state index in [-0.39, 0.29) is 0 Å². The van der Waals surface area contributed by atoms with Crippen LogP contribution in [0.5, 0.6) is 0 Å². The minimum absolute atomic E-state index is 1.04. The van der Waals surface area contributed by atoms with Gasteiger partial charge in [-0.3, -0.25) is 9.59 Å². The highest BCUT2D eigenvalue weighted by Crippen LogP contribution is 2.18. The van der Waals surface area contributed by atoms with Crippen LogP contribution in [-0.2, 0) is 19.4 Å². The molecule has 11 heavy (non-hydrogen) atoms. The Balaban J connectivity index is 4.96. The van der Waals surface area contributed by atoms with Gasteiger partial charge in [-0.1, -0.05) is 0 Å². The number of halogens is 3. The van der Waals surface area contributed by atoms with Gasteiger partial charge >= 0.3 is 11.3 Å². The lowest BCUT2D eigenvalue weighted by Gasteiger charge is -1.99. The molecular formula is C3HF3O4S. The van der Waals surface area contributed by atoms with E-state index in [1.54, 1.807) is 0 Å². The van der Waals surface area contributed by atoms with Crippen molar-refractivity contribution in [1.29, 1.82) is 0 Å². The molecule has 0 fully saturated rings. The molecule has 0 saturated carbocycles. The molecular weight excluding hydrogens is 189 g/mol. The Labute approximate surface area is 58.9 Å². The number of hydrogen-bond donors (Lipinski definition) is 0. The summed E-state index contributed by atoms with van der Waals surface area (Å²) in [6, 6.07) is 0. The van der Waals surface area contributed by atoms with E-state index in [2.05, 4.69) is 0 Å². The quantitative estimate of drug-likeness (QED) is 0.531. The molecule has 0 aliphatic rings. The van der Waals surface area contributed by atoms with Crippen molar-refractivity contribution in [3.8, 4) is 0 Å². The van der Waals surface area contributed by atoms with Gasteiger partial charge in [0, 0.05) is 0 Å². The minimum atomic E-state index is -5.51. The monoisotopic (exact) mass is 190 g/mol. The van der Waals surface area contributed by atoms with E-state index in [0.717, 1.165) is 0 Å². The highest BCUT2D eigenvalue weighted by molar-refractivity contribution is 8.17. The summed E-state index contributed by atoms with van der Waals surface area (Å²) < 4.78 is 53.5. The van der Waals surface area contributed by atoms with Crippen LogP contribution in [0.3, 0.4) is 0 Å². The van der Waals surface area contributed by atoms with Crippen LogP contribution < -0.4 is 0 Å². The SMILES string of the molecule is O=CS(=O)(=O)C(=O)C(F)(F)F. The average Bonchev–Trinajstić information content (AvgIpc) is 1.84. The predicted octanol–water partition coefficient (Wildman–Crippen LogP) is -0.320. The molecule has 0 bridgehead atoms. The third-order valence-electron chi connectivity index (χ3n) is 0.617. The average molecular weight is 190 g/mol. The maximum absolute atomic E-state index is 11.2. The first kappa shape index (κ1) is 10.1. The van der Waals surface area contributed by atoms with Crippen LogP contribution in [-0.4, -0.2) is 25.3 Å². The Hall–Kier alpha value is -0.920. The van der Waals surface area contributed by atoms with E-state index in [1.165, 1.54) is 0 Å². The van der Waals surface area contributed by atoms with Gasteiger partial charge in [0.1, 0.15) is 0 Å². The molecule has 0 rings (SSSR count). The molecule has 64 valence electrons. The van der Waals surface area contributed by atoms with E-state index in [0.29, 0.717) is 0 Å². The summed E-state index contributed by atoms with van der Waals surface area (Å²) in [6.07, 6.45) is -5.51. The normalized spacial score (nSPS) is 12.6. The van der Waals surface area contributed by atoms with Crippen molar-refractivity contribution < 1.29 is 31.2 Å². The summed E-state index contributed by atoms with van der Waals surface area (Å²) in [6.45, 7) is 0. The molecule has 0 aromatic carbocycles. The largest absolute Gasteiger partial charge is 0.466 e. The molecule has 4 nitrogen and oxygen atoms in total. The molecule has 0 unspecified atom stereocenters. The van der Waals surface area contributed by atoms with Gasteiger partial charge in [0.2, 0.25) is 5.62 Å². The highest BCUT2D eigenvalue weighted by atomic mass is 32.2. The van der Waals surface area contributed by atoms with Crippen LogP contribution in [0.2, 0.25) is 0 Å². The second-order valence-electron chi connectivity index (χ2n) is 1.43. The Morgan fingerprint density at radius 2 is 1.64 bits per heavy atom. The van der Waals surface area contributed by atoms with Crippen LogP contribution >= 0.6 is 0 Å². The zero-order valence-corrected chi connectivity index (χ0v) is 5.57. The predicted molar refractivity (Wildman–Crippen MR) is 26.7 cm³/mol. The van der Waals surface area contributed by atoms with E-state index in [1.807, 2.05) is 0 Å². The molecule has 8 heteroatoms. The van der Waals surface area contributed by atoms with Crippen LogP contribution in [0.25, 0.3) is 0 Å². The van der Waals surface area contributed by atoms with Gasteiger partial charge in [0.15, 0.2) is 0 Å². The van der Waals surface area contributed by atoms with Gasteiger partial charge in [0.25, 0.3) is 9.84 Å². The molecule has 0 atom stereocenters. The maximum Gasteiger partial charge on any atom is 0.466 e. The number of alkyl halides is 3. The lowest BCUT2D eigenvalue weighted by Crippen LogP contribution is -2.31.